The number of fused-ring (bicyclic) bond motifs is 1. The largest absolute Gasteiger partial charge is 0.508 e. The number of aliphatic hydroxyl groups is 1. The normalized spacial score (nSPS) is 13.8. The summed E-state index contributed by atoms with van der Waals surface area (Å²) in [6.45, 7) is 1.41. The van der Waals surface area contributed by atoms with Gasteiger partial charge in [-0.1, -0.05) is 42.5 Å². The summed E-state index contributed by atoms with van der Waals surface area (Å²) in [6, 6.07) is 22.2. The summed E-state index contributed by atoms with van der Waals surface area (Å²) in [4.78, 5) is 21.5. The average molecular weight is 602 g/mol. The minimum atomic E-state index is -4.12. The van der Waals surface area contributed by atoms with Crippen LogP contribution in [0.4, 0.5) is 6.01 Å². The van der Waals surface area contributed by atoms with E-state index in [0.717, 1.165) is 5.56 Å². The van der Waals surface area contributed by atoms with Gasteiger partial charge in [-0.15, -0.1) is 0 Å². The van der Waals surface area contributed by atoms with Gasteiger partial charge in [0.15, 0.2) is 20.8 Å². The fourth-order valence-electron chi connectivity index (χ4n) is 4.78. The molecule has 3 aromatic carbocycles. The van der Waals surface area contributed by atoms with Crippen LogP contribution in [0.15, 0.2) is 100 Å². The molecule has 0 saturated carbocycles. The third-order valence-corrected chi connectivity index (χ3v) is 9.05. The maximum Gasteiger partial charge on any atom is 0.292 e. The molecule has 11 nitrogen and oxygen atoms in total. The number of nitrogens with one attached hydrogen (secondary N) is 2. The number of hydrogen-bond acceptors (Lipinski definition) is 10. The van der Waals surface area contributed by atoms with Crippen molar-refractivity contribution in [1.82, 2.24) is 20.6 Å². The van der Waals surface area contributed by atoms with Crippen LogP contribution in [-0.2, 0) is 16.3 Å². The minimum absolute atomic E-state index is 0.0240. The zero-order chi connectivity index (χ0) is 30.6. The number of hydrogen-bond donors (Lipinski definition) is 5. The molecule has 0 saturated heterocycles. The SMILES string of the molecule is Cc1c(O)cccc1C(=O)NC(Cc1ccccc1)C(O)CNC(c1ccccn1)S(=O)(=O)c1ccc2nc(N)oc2c1. The van der Waals surface area contributed by atoms with E-state index in [0.29, 0.717) is 11.1 Å². The zero-order valence-corrected chi connectivity index (χ0v) is 24.0. The predicted molar refractivity (Wildman–Crippen MR) is 161 cm³/mol. The molecule has 2 heterocycles. The number of aromatic nitrogens is 2. The molecule has 6 N–H and O–H groups in total. The number of amides is 1. The van der Waals surface area contributed by atoms with Gasteiger partial charge in [-0.25, -0.2) is 8.42 Å². The smallest absolute Gasteiger partial charge is 0.292 e. The van der Waals surface area contributed by atoms with Gasteiger partial charge in [-0.05, 0) is 55.3 Å². The lowest BCUT2D eigenvalue weighted by atomic mass is 9.99. The van der Waals surface area contributed by atoms with E-state index in [1.165, 1.54) is 30.5 Å². The first-order chi connectivity index (χ1) is 20.6. The van der Waals surface area contributed by atoms with Crippen molar-refractivity contribution >= 4 is 32.9 Å². The number of nitrogens with two attached hydrogens (primary N) is 1. The minimum Gasteiger partial charge on any atom is -0.508 e. The molecule has 0 spiro atoms. The molecule has 0 bridgehead atoms. The van der Waals surface area contributed by atoms with E-state index in [1.54, 1.807) is 37.3 Å². The van der Waals surface area contributed by atoms with Crippen molar-refractivity contribution in [1.29, 1.82) is 0 Å². The number of aromatic hydroxyl groups is 1. The third-order valence-electron chi connectivity index (χ3n) is 7.11. The van der Waals surface area contributed by atoms with Gasteiger partial charge in [-0.2, -0.15) is 4.98 Å². The second kappa shape index (κ2) is 12.6. The fourth-order valence-corrected chi connectivity index (χ4v) is 6.35. The molecule has 3 unspecified atom stereocenters. The van der Waals surface area contributed by atoms with Crippen LogP contribution in [0.25, 0.3) is 11.1 Å². The lowest BCUT2D eigenvalue weighted by molar-refractivity contribution is 0.0827. The van der Waals surface area contributed by atoms with Crippen molar-refractivity contribution in [3.8, 4) is 5.75 Å². The zero-order valence-electron chi connectivity index (χ0n) is 23.2. The molecule has 1 amide bonds. The van der Waals surface area contributed by atoms with E-state index in [-0.39, 0.29) is 46.5 Å². The van der Waals surface area contributed by atoms with Gasteiger partial charge in [0.25, 0.3) is 11.9 Å². The quantitative estimate of drug-likeness (QED) is 0.151. The van der Waals surface area contributed by atoms with E-state index in [4.69, 9.17) is 10.2 Å². The molecule has 0 fully saturated rings. The second-order valence-electron chi connectivity index (χ2n) is 10.1. The molecule has 5 aromatic rings. The summed E-state index contributed by atoms with van der Waals surface area (Å²) < 4.78 is 33.2. The van der Waals surface area contributed by atoms with Crippen LogP contribution in [0.5, 0.6) is 5.75 Å². The van der Waals surface area contributed by atoms with Gasteiger partial charge in [0.1, 0.15) is 11.3 Å². The Bertz CT molecular complexity index is 1830. The van der Waals surface area contributed by atoms with Gasteiger partial charge in [0.05, 0.1) is 22.7 Å². The summed E-state index contributed by atoms with van der Waals surface area (Å²) >= 11 is 0. The Balaban J connectivity index is 1.42. The van der Waals surface area contributed by atoms with E-state index >= 15 is 0 Å². The van der Waals surface area contributed by atoms with Crippen molar-refractivity contribution in [3.63, 3.8) is 0 Å². The van der Waals surface area contributed by atoms with E-state index in [9.17, 15) is 23.4 Å². The monoisotopic (exact) mass is 601 g/mol. The molecule has 3 atom stereocenters. The van der Waals surface area contributed by atoms with Gasteiger partial charge < -0.3 is 25.7 Å². The summed E-state index contributed by atoms with van der Waals surface area (Å²) in [6.07, 6.45) is 0.518. The van der Waals surface area contributed by atoms with Crippen molar-refractivity contribution in [2.45, 2.75) is 35.8 Å². The number of benzene rings is 3. The highest BCUT2D eigenvalue weighted by molar-refractivity contribution is 7.91. The molecule has 2 aromatic heterocycles. The molecule has 12 heteroatoms. The molecule has 222 valence electrons. The van der Waals surface area contributed by atoms with Gasteiger partial charge in [0.2, 0.25) is 0 Å². The number of carbonyl (C=O) groups excluding carboxylic acids is 1. The maximum absolute atomic E-state index is 13.9. The average Bonchev–Trinajstić information content (AvgIpc) is 3.38. The molecule has 43 heavy (non-hydrogen) atoms. The number of carbonyl (C=O) groups is 1. The second-order valence-corrected chi connectivity index (χ2v) is 12.1. The van der Waals surface area contributed by atoms with E-state index < -0.39 is 33.3 Å². The first-order valence-corrected chi connectivity index (χ1v) is 15.0. The third kappa shape index (κ3) is 6.67. The van der Waals surface area contributed by atoms with Gasteiger partial charge in [-0.3, -0.25) is 15.1 Å². The molecule has 0 aliphatic heterocycles. The lowest BCUT2D eigenvalue weighted by Crippen LogP contribution is -2.49. The molecule has 0 radical (unpaired) electrons. The standard InChI is InChI=1S/C31H31N5O6S/c1-19-22(10-7-12-26(19)37)29(39)35-25(16-20-8-3-2-4-9-20)27(38)18-34-30(24-11-5-6-15-33-24)43(40,41)21-13-14-23-28(17-21)42-31(32)36-23/h2-15,17,25,27,30,34,37-38H,16,18H2,1H3,(H2,32,36)(H,35,39). The molecular weight excluding hydrogens is 570 g/mol. The Morgan fingerprint density at radius 3 is 2.53 bits per heavy atom. The number of phenolic OH excluding ortho intramolecular Hbond substituents is 1. The topological polar surface area (TPSA) is 181 Å². The molecule has 0 aliphatic carbocycles. The van der Waals surface area contributed by atoms with Crippen LogP contribution >= 0.6 is 0 Å². The van der Waals surface area contributed by atoms with E-state index in [2.05, 4.69) is 20.6 Å². The molecule has 0 aliphatic rings. The summed E-state index contributed by atoms with van der Waals surface area (Å²) in [5, 5.41) is 26.0. The van der Waals surface area contributed by atoms with Crippen molar-refractivity contribution in [2.24, 2.45) is 0 Å². The van der Waals surface area contributed by atoms with Crippen LogP contribution in [0.3, 0.4) is 0 Å². The number of sulfone groups is 1. The number of anilines is 1. The Morgan fingerprint density at radius 2 is 1.79 bits per heavy atom. The maximum atomic E-state index is 13.9. The Labute approximate surface area is 248 Å². The lowest BCUT2D eigenvalue weighted by Gasteiger charge is -2.27. The van der Waals surface area contributed by atoms with Crippen molar-refractivity contribution in [3.05, 3.63) is 114 Å². The number of nitrogens with zero attached hydrogens (tertiary/aromatic N) is 2. The van der Waals surface area contributed by atoms with E-state index in [1.807, 2.05) is 30.3 Å². The van der Waals surface area contributed by atoms with Crippen molar-refractivity contribution in [2.75, 3.05) is 12.3 Å². The number of pyridine rings is 1. The van der Waals surface area contributed by atoms with Crippen LogP contribution in [0.1, 0.15) is 32.6 Å². The van der Waals surface area contributed by atoms with Crippen LogP contribution in [0.2, 0.25) is 0 Å². The van der Waals surface area contributed by atoms with Crippen LogP contribution < -0.4 is 16.4 Å². The Morgan fingerprint density at radius 1 is 1.02 bits per heavy atom. The first-order valence-electron chi connectivity index (χ1n) is 13.5. The highest BCUT2D eigenvalue weighted by atomic mass is 32.2. The first kappa shape index (κ1) is 29.7. The molecule has 5 rings (SSSR count). The summed E-state index contributed by atoms with van der Waals surface area (Å²) in [5.41, 5.74) is 7.99. The predicted octanol–water partition coefficient (Wildman–Crippen LogP) is 3.28. The summed E-state index contributed by atoms with van der Waals surface area (Å²) in [5.74, 6) is -0.508. The number of phenols is 1. The van der Waals surface area contributed by atoms with Crippen LogP contribution in [-0.4, -0.2) is 53.2 Å². The van der Waals surface area contributed by atoms with Gasteiger partial charge >= 0.3 is 0 Å². The number of rotatable bonds is 11. The van der Waals surface area contributed by atoms with Crippen LogP contribution in [0, 0.1) is 6.92 Å². The highest BCUT2D eigenvalue weighted by Gasteiger charge is 2.33. The molecular formula is C31H31N5O6S. The Kier molecular flexibility index (Phi) is 8.71. The number of oxazole rings is 1. The van der Waals surface area contributed by atoms with Crippen molar-refractivity contribution < 1.29 is 27.8 Å². The Hall–Kier alpha value is -4.78. The van der Waals surface area contributed by atoms with Gasteiger partial charge in [0, 0.05) is 29.9 Å². The number of nitrogen functional groups attached to an aromatic ring is 1. The fraction of sp³-hybridized carbons (Fsp3) is 0.194. The number of aliphatic hydroxyl groups excluding tert-OH is 1. The highest BCUT2D eigenvalue weighted by Crippen LogP contribution is 2.29. The summed E-state index contributed by atoms with van der Waals surface area (Å²) in [7, 11) is -4.12.